The predicted molar refractivity (Wildman–Crippen MR) is 69.4 cm³/mol. The highest BCUT2D eigenvalue weighted by molar-refractivity contribution is 7.49. The second kappa shape index (κ2) is 7.55. The van der Waals surface area contributed by atoms with E-state index >= 15 is 0 Å². The number of carbonyl (C=O) groups is 2. The summed E-state index contributed by atoms with van der Waals surface area (Å²) in [7, 11) is 1.67. The number of quaternary nitrogens is 1. The van der Waals surface area contributed by atoms with Crippen molar-refractivity contribution >= 4 is 20.1 Å². The summed E-state index contributed by atoms with van der Waals surface area (Å²) < 4.78 is 27.0. The highest BCUT2D eigenvalue weighted by atomic mass is 31.2. The van der Waals surface area contributed by atoms with Gasteiger partial charge in [0.25, 0.3) is 0 Å². The molecule has 0 rings (SSSR count). The number of aldehydes is 1. The van der Waals surface area contributed by atoms with E-state index in [2.05, 4.69) is 15.6 Å². The maximum Gasteiger partial charge on any atom is 0.533 e. The molecule has 0 radical (unpaired) electrons. The van der Waals surface area contributed by atoms with Crippen molar-refractivity contribution in [1.82, 2.24) is 0 Å². The Balaban J connectivity index is 4.59. The molecular formula is C11H21NO6P+. The van der Waals surface area contributed by atoms with Gasteiger partial charge in [0.15, 0.2) is 0 Å². The number of hydrogen-bond donors (Lipinski definition) is 0. The summed E-state index contributed by atoms with van der Waals surface area (Å²) in [5, 5.41) is 0. The van der Waals surface area contributed by atoms with Crippen LogP contribution >= 0.6 is 7.82 Å². The first-order valence-electron chi connectivity index (χ1n) is 5.62. The third-order valence-electron chi connectivity index (χ3n) is 1.86. The van der Waals surface area contributed by atoms with Crippen molar-refractivity contribution < 1.29 is 32.2 Å². The fraction of sp³-hybridized carbons (Fsp3) is 0.636. The molecule has 0 bridgehead atoms. The van der Waals surface area contributed by atoms with E-state index in [4.69, 9.17) is 4.52 Å². The van der Waals surface area contributed by atoms with Gasteiger partial charge in [0.05, 0.1) is 21.1 Å². The minimum absolute atomic E-state index is 0.0586. The van der Waals surface area contributed by atoms with Gasteiger partial charge in [-0.3, -0.25) is 9.05 Å². The van der Waals surface area contributed by atoms with Crippen molar-refractivity contribution in [3.63, 3.8) is 0 Å². The Kier molecular flexibility index (Phi) is 7.15. The van der Waals surface area contributed by atoms with Crippen molar-refractivity contribution in [1.29, 1.82) is 0 Å². The second-order valence-electron chi connectivity index (χ2n) is 4.92. The normalized spacial score (nSPS) is 14.5. The quantitative estimate of drug-likeness (QED) is 0.275. The minimum atomic E-state index is -4.08. The van der Waals surface area contributed by atoms with E-state index in [-0.39, 0.29) is 12.2 Å². The Bertz CT molecular complexity index is 387. The Morgan fingerprint density at radius 1 is 1.32 bits per heavy atom. The van der Waals surface area contributed by atoms with Crippen LogP contribution in [0.15, 0.2) is 12.2 Å². The van der Waals surface area contributed by atoms with Crippen molar-refractivity contribution in [2.24, 2.45) is 0 Å². The minimum Gasteiger partial charge on any atom is -0.367 e. The SMILES string of the molecule is C=C(C)C(=O)OP(=O)(OCC=O)OCC[N+](C)(C)C. The maximum absolute atomic E-state index is 12.1. The molecule has 0 aromatic carbocycles. The van der Waals surface area contributed by atoms with Gasteiger partial charge in [-0.05, 0) is 6.92 Å². The molecule has 0 aliphatic carbocycles. The molecule has 0 aliphatic rings. The second-order valence-corrected chi connectivity index (χ2v) is 6.51. The first-order valence-corrected chi connectivity index (χ1v) is 7.08. The van der Waals surface area contributed by atoms with Crippen LogP contribution in [-0.4, -0.2) is 57.6 Å². The number of carbonyl (C=O) groups excluding carboxylic acids is 2. The summed E-state index contributed by atoms with van der Waals surface area (Å²) in [5.41, 5.74) is 0.0603. The fourth-order valence-corrected chi connectivity index (χ4v) is 1.91. The van der Waals surface area contributed by atoms with Crippen LogP contribution < -0.4 is 0 Å². The van der Waals surface area contributed by atoms with Gasteiger partial charge in [0, 0.05) is 5.57 Å². The van der Waals surface area contributed by atoms with Gasteiger partial charge in [-0.15, -0.1) is 0 Å². The maximum atomic E-state index is 12.1. The number of hydrogen-bond acceptors (Lipinski definition) is 6. The summed E-state index contributed by atoms with van der Waals surface area (Å²) in [6.07, 6.45) is 0.393. The van der Waals surface area contributed by atoms with Gasteiger partial charge in [0.2, 0.25) is 0 Å². The van der Waals surface area contributed by atoms with Crippen LogP contribution in [0.5, 0.6) is 0 Å². The number of nitrogens with zero attached hydrogens (tertiary/aromatic N) is 1. The topological polar surface area (TPSA) is 78.9 Å². The zero-order valence-electron chi connectivity index (χ0n) is 11.7. The monoisotopic (exact) mass is 294 g/mol. The van der Waals surface area contributed by atoms with Gasteiger partial charge < -0.3 is 13.8 Å². The highest BCUT2D eigenvalue weighted by Crippen LogP contribution is 2.49. The Labute approximate surface area is 113 Å². The molecule has 0 heterocycles. The molecule has 1 atom stereocenters. The zero-order chi connectivity index (χ0) is 15.1. The Morgan fingerprint density at radius 2 is 1.89 bits per heavy atom. The van der Waals surface area contributed by atoms with Crippen molar-refractivity contribution in [2.45, 2.75) is 6.92 Å². The molecule has 0 amide bonds. The third kappa shape index (κ3) is 8.67. The van der Waals surface area contributed by atoms with Crippen LogP contribution in [0, 0.1) is 0 Å². The van der Waals surface area contributed by atoms with Crippen LogP contribution in [-0.2, 0) is 27.7 Å². The lowest BCUT2D eigenvalue weighted by atomic mass is 10.4. The zero-order valence-corrected chi connectivity index (χ0v) is 12.6. The molecule has 0 saturated heterocycles. The average molecular weight is 294 g/mol. The highest BCUT2D eigenvalue weighted by Gasteiger charge is 2.32. The van der Waals surface area contributed by atoms with Crippen LogP contribution in [0.25, 0.3) is 0 Å². The molecule has 0 aromatic rings. The molecule has 0 fully saturated rings. The third-order valence-corrected chi connectivity index (χ3v) is 3.21. The molecule has 0 aliphatic heterocycles. The van der Waals surface area contributed by atoms with E-state index in [1.165, 1.54) is 6.92 Å². The Morgan fingerprint density at radius 3 is 2.32 bits per heavy atom. The van der Waals surface area contributed by atoms with Gasteiger partial charge in [-0.1, -0.05) is 6.58 Å². The van der Waals surface area contributed by atoms with Crippen molar-refractivity contribution in [3.8, 4) is 0 Å². The van der Waals surface area contributed by atoms with E-state index in [1.807, 2.05) is 21.1 Å². The van der Waals surface area contributed by atoms with Crippen LogP contribution in [0.3, 0.4) is 0 Å². The van der Waals surface area contributed by atoms with Gasteiger partial charge in [-0.25, -0.2) is 9.36 Å². The average Bonchev–Trinajstić information content (AvgIpc) is 2.24. The molecule has 0 aromatic heterocycles. The summed E-state index contributed by atoms with van der Waals surface area (Å²) >= 11 is 0. The molecule has 110 valence electrons. The smallest absolute Gasteiger partial charge is 0.367 e. The van der Waals surface area contributed by atoms with Crippen LogP contribution in [0.2, 0.25) is 0 Å². The van der Waals surface area contributed by atoms with E-state index in [0.717, 1.165) is 0 Å². The molecule has 1 unspecified atom stereocenters. The van der Waals surface area contributed by atoms with Crippen molar-refractivity contribution in [2.75, 3.05) is 40.9 Å². The molecular weight excluding hydrogens is 273 g/mol. The summed E-state index contributed by atoms with van der Waals surface area (Å²) in [6.45, 7) is 4.87. The van der Waals surface area contributed by atoms with E-state index in [0.29, 0.717) is 17.3 Å². The molecule has 0 saturated carbocycles. The molecule has 0 spiro atoms. The summed E-state index contributed by atoms with van der Waals surface area (Å²) in [4.78, 5) is 21.6. The summed E-state index contributed by atoms with van der Waals surface area (Å²) in [5.74, 6) is -0.889. The van der Waals surface area contributed by atoms with E-state index in [9.17, 15) is 14.2 Å². The van der Waals surface area contributed by atoms with Gasteiger partial charge in [0.1, 0.15) is 26.0 Å². The standard InChI is InChI=1S/C11H21NO6P/c1-10(2)11(14)18-19(15,17-9-7-13)16-8-6-12(3,4)5/h7H,1,6,8-9H2,2-5H3/q+1. The number of phosphoric ester groups is 1. The van der Waals surface area contributed by atoms with E-state index < -0.39 is 20.4 Å². The molecule has 0 N–H and O–H groups in total. The first kappa shape index (κ1) is 18.0. The summed E-state index contributed by atoms with van der Waals surface area (Å²) in [6, 6.07) is 0. The number of rotatable bonds is 9. The van der Waals surface area contributed by atoms with Crippen LogP contribution in [0.4, 0.5) is 0 Å². The van der Waals surface area contributed by atoms with Gasteiger partial charge in [-0.2, -0.15) is 0 Å². The molecule has 7 nitrogen and oxygen atoms in total. The largest absolute Gasteiger partial charge is 0.533 e. The lowest BCUT2D eigenvalue weighted by molar-refractivity contribution is -0.870. The first-order chi connectivity index (χ1) is 8.59. The Hall–Kier alpha value is -1.01. The van der Waals surface area contributed by atoms with Crippen molar-refractivity contribution in [3.05, 3.63) is 12.2 Å². The molecule has 19 heavy (non-hydrogen) atoms. The molecule has 8 heteroatoms. The number of likely N-dealkylation sites (N-methyl/N-ethyl adjacent to an activating group) is 1. The lowest BCUT2D eigenvalue weighted by Crippen LogP contribution is -2.37. The number of phosphoric acid groups is 1. The van der Waals surface area contributed by atoms with E-state index in [1.54, 1.807) is 0 Å². The predicted octanol–water partition coefficient (Wildman–Crippen LogP) is 1.15. The lowest BCUT2D eigenvalue weighted by Gasteiger charge is -2.24. The van der Waals surface area contributed by atoms with Crippen LogP contribution in [0.1, 0.15) is 6.92 Å². The van der Waals surface area contributed by atoms with Gasteiger partial charge >= 0.3 is 13.8 Å². The fourth-order valence-electron chi connectivity index (χ4n) is 0.818.